The number of rotatable bonds is 3. The number of Topliss-reactive ketones (excluding diaryl/α,β-unsaturated/α-hetero) is 1. The van der Waals surface area contributed by atoms with Crippen LogP contribution < -0.4 is 0 Å². The molecular formula is C13H15N3O2. The van der Waals surface area contributed by atoms with E-state index in [0.717, 1.165) is 23.2 Å². The molecule has 0 aliphatic rings. The standard InChI is InChI=1S/C13H15N3O2/c1-6-10(5-17)13(14-12(6)9(4)18)11-7(2)15-16-8(11)3/h5,14H,1-4H3,(H,15,16). The minimum atomic E-state index is -0.0827. The van der Waals surface area contributed by atoms with Crippen molar-refractivity contribution in [3.05, 3.63) is 28.2 Å². The van der Waals surface area contributed by atoms with Gasteiger partial charge in [0.15, 0.2) is 12.1 Å². The number of aromatic nitrogens is 3. The molecular weight excluding hydrogens is 230 g/mol. The van der Waals surface area contributed by atoms with Gasteiger partial charge in [0.05, 0.1) is 17.1 Å². The summed E-state index contributed by atoms with van der Waals surface area (Å²) in [5.41, 5.74) is 4.87. The molecule has 2 rings (SSSR count). The second-order valence-electron chi connectivity index (χ2n) is 4.40. The second kappa shape index (κ2) is 4.25. The van der Waals surface area contributed by atoms with Crippen molar-refractivity contribution in [2.45, 2.75) is 27.7 Å². The Morgan fingerprint density at radius 3 is 2.39 bits per heavy atom. The van der Waals surface area contributed by atoms with Gasteiger partial charge in [-0.15, -0.1) is 0 Å². The summed E-state index contributed by atoms with van der Waals surface area (Å²) in [7, 11) is 0. The van der Waals surface area contributed by atoms with Crippen molar-refractivity contribution in [2.75, 3.05) is 0 Å². The molecule has 2 aromatic heterocycles. The monoisotopic (exact) mass is 245 g/mol. The summed E-state index contributed by atoms with van der Waals surface area (Å²) in [4.78, 5) is 25.8. The fraction of sp³-hybridized carbons (Fsp3) is 0.308. The molecule has 5 heteroatoms. The van der Waals surface area contributed by atoms with Crippen LogP contribution in [0.1, 0.15) is 44.7 Å². The summed E-state index contributed by atoms with van der Waals surface area (Å²) in [6.45, 7) is 6.99. The van der Waals surface area contributed by atoms with Gasteiger partial charge >= 0.3 is 0 Å². The first-order chi connectivity index (χ1) is 8.47. The lowest BCUT2D eigenvalue weighted by molar-refractivity contribution is 0.101. The number of H-pyrrole nitrogens is 2. The third-order valence-corrected chi connectivity index (χ3v) is 3.15. The molecule has 0 aliphatic heterocycles. The highest BCUT2D eigenvalue weighted by atomic mass is 16.1. The van der Waals surface area contributed by atoms with Crippen molar-refractivity contribution in [1.82, 2.24) is 15.2 Å². The molecule has 2 aromatic rings. The molecule has 0 bridgehead atoms. The topological polar surface area (TPSA) is 78.6 Å². The van der Waals surface area contributed by atoms with Crippen LogP contribution in [-0.2, 0) is 0 Å². The number of hydrogen-bond donors (Lipinski definition) is 2. The largest absolute Gasteiger partial charge is 0.351 e. The number of ketones is 1. The molecule has 94 valence electrons. The zero-order chi connectivity index (χ0) is 13.4. The fourth-order valence-corrected chi connectivity index (χ4v) is 2.22. The highest BCUT2D eigenvalue weighted by Gasteiger charge is 2.21. The number of aryl methyl sites for hydroxylation is 2. The Morgan fingerprint density at radius 2 is 1.94 bits per heavy atom. The van der Waals surface area contributed by atoms with Crippen LogP contribution in [0.15, 0.2) is 0 Å². The lowest BCUT2D eigenvalue weighted by atomic mass is 10.0. The summed E-state index contributed by atoms with van der Waals surface area (Å²) in [6.07, 6.45) is 0.777. The molecule has 0 unspecified atom stereocenters. The predicted molar refractivity (Wildman–Crippen MR) is 68.0 cm³/mol. The van der Waals surface area contributed by atoms with Gasteiger partial charge in [0.2, 0.25) is 0 Å². The van der Waals surface area contributed by atoms with Gasteiger partial charge in [0.1, 0.15) is 0 Å². The van der Waals surface area contributed by atoms with E-state index in [0.29, 0.717) is 22.5 Å². The summed E-state index contributed by atoms with van der Waals surface area (Å²) in [6, 6.07) is 0. The van der Waals surface area contributed by atoms with Crippen molar-refractivity contribution in [3.63, 3.8) is 0 Å². The van der Waals surface area contributed by atoms with Gasteiger partial charge in [-0.25, -0.2) is 0 Å². The number of hydrogen-bond acceptors (Lipinski definition) is 3. The molecule has 0 spiro atoms. The summed E-state index contributed by atoms with van der Waals surface area (Å²) < 4.78 is 0. The van der Waals surface area contributed by atoms with Crippen LogP contribution in [0, 0.1) is 20.8 Å². The second-order valence-corrected chi connectivity index (χ2v) is 4.40. The third kappa shape index (κ3) is 1.68. The third-order valence-electron chi connectivity index (χ3n) is 3.15. The molecule has 0 aromatic carbocycles. The first-order valence-corrected chi connectivity index (χ1v) is 5.68. The van der Waals surface area contributed by atoms with Crippen LogP contribution >= 0.6 is 0 Å². The lowest BCUT2D eigenvalue weighted by Crippen LogP contribution is -1.94. The zero-order valence-corrected chi connectivity index (χ0v) is 10.8. The Kier molecular flexibility index (Phi) is 2.90. The van der Waals surface area contributed by atoms with Crippen molar-refractivity contribution < 1.29 is 9.59 Å². The lowest BCUT2D eigenvalue weighted by Gasteiger charge is -1.99. The van der Waals surface area contributed by atoms with Crippen LogP contribution in [0.25, 0.3) is 11.3 Å². The van der Waals surface area contributed by atoms with Gasteiger partial charge in [-0.3, -0.25) is 14.7 Å². The predicted octanol–water partition coefficient (Wildman–Crippen LogP) is 2.35. The van der Waals surface area contributed by atoms with E-state index in [-0.39, 0.29) is 5.78 Å². The molecule has 0 fully saturated rings. The highest BCUT2D eigenvalue weighted by molar-refractivity contribution is 6.00. The first-order valence-electron chi connectivity index (χ1n) is 5.68. The Bertz CT molecular complexity index is 615. The number of carbonyl (C=O) groups excluding carboxylic acids is 2. The fourth-order valence-electron chi connectivity index (χ4n) is 2.22. The number of aromatic amines is 2. The maximum Gasteiger partial charge on any atom is 0.176 e. The number of nitrogens with zero attached hydrogens (tertiary/aromatic N) is 1. The van der Waals surface area contributed by atoms with Crippen LogP contribution in [0.3, 0.4) is 0 Å². The average Bonchev–Trinajstić information content (AvgIpc) is 2.79. The van der Waals surface area contributed by atoms with Crippen LogP contribution in [0.4, 0.5) is 0 Å². The van der Waals surface area contributed by atoms with Gasteiger partial charge in [-0.2, -0.15) is 5.10 Å². The maximum atomic E-state index is 11.5. The van der Waals surface area contributed by atoms with Crippen molar-refractivity contribution in [3.8, 4) is 11.3 Å². The van der Waals surface area contributed by atoms with E-state index < -0.39 is 0 Å². The number of carbonyl (C=O) groups is 2. The van der Waals surface area contributed by atoms with E-state index in [9.17, 15) is 9.59 Å². The first kappa shape index (κ1) is 12.3. The average molecular weight is 245 g/mol. The van der Waals surface area contributed by atoms with Crippen molar-refractivity contribution in [1.29, 1.82) is 0 Å². The van der Waals surface area contributed by atoms with Crippen molar-refractivity contribution >= 4 is 12.1 Å². The van der Waals surface area contributed by atoms with Gasteiger partial charge < -0.3 is 4.98 Å². The molecule has 0 atom stereocenters. The van der Waals surface area contributed by atoms with E-state index in [1.165, 1.54) is 6.92 Å². The zero-order valence-electron chi connectivity index (χ0n) is 10.8. The van der Waals surface area contributed by atoms with E-state index in [4.69, 9.17) is 0 Å². The SMILES string of the molecule is CC(=O)c1[nH]c(-c2c(C)n[nH]c2C)c(C=O)c1C. The van der Waals surface area contributed by atoms with E-state index in [1.54, 1.807) is 6.92 Å². The van der Waals surface area contributed by atoms with Crippen molar-refractivity contribution in [2.24, 2.45) is 0 Å². The van der Waals surface area contributed by atoms with Gasteiger partial charge in [-0.05, 0) is 26.3 Å². The molecule has 2 heterocycles. The Morgan fingerprint density at radius 1 is 1.28 bits per heavy atom. The Hall–Kier alpha value is -2.17. The minimum absolute atomic E-state index is 0.0827. The number of aldehydes is 1. The number of nitrogens with one attached hydrogen (secondary N) is 2. The summed E-state index contributed by atoms with van der Waals surface area (Å²) in [5, 5.41) is 6.98. The van der Waals surface area contributed by atoms with E-state index >= 15 is 0 Å². The van der Waals surface area contributed by atoms with Crippen LogP contribution in [-0.4, -0.2) is 27.3 Å². The smallest absolute Gasteiger partial charge is 0.176 e. The summed E-state index contributed by atoms with van der Waals surface area (Å²) in [5.74, 6) is -0.0827. The molecule has 2 N–H and O–H groups in total. The van der Waals surface area contributed by atoms with Gasteiger partial charge in [-0.1, -0.05) is 0 Å². The van der Waals surface area contributed by atoms with Crippen LogP contribution in [0.5, 0.6) is 0 Å². The van der Waals surface area contributed by atoms with E-state index in [2.05, 4.69) is 15.2 Å². The van der Waals surface area contributed by atoms with Crippen LogP contribution in [0.2, 0.25) is 0 Å². The highest BCUT2D eigenvalue weighted by Crippen LogP contribution is 2.30. The molecule has 0 saturated heterocycles. The minimum Gasteiger partial charge on any atom is -0.351 e. The Labute approximate surface area is 105 Å². The molecule has 5 nitrogen and oxygen atoms in total. The molecule has 0 aliphatic carbocycles. The maximum absolute atomic E-state index is 11.5. The molecule has 18 heavy (non-hydrogen) atoms. The summed E-state index contributed by atoms with van der Waals surface area (Å²) >= 11 is 0. The van der Waals surface area contributed by atoms with Gasteiger partial charge in [0.25, 0.3) is 0 Å². The normalized spacial score (nSPS) is 10.7. The molecule has 0 saturated carbocycles. The van der Waals surface area contributed by atoms with E-state index in [1.807, 2.05) is 13.8 Å². The van der Waals surface area contributed by atoms with Gasteiger partial charge in [0, 0.05) is 23.7 Å². The quantitative estimate of drug-likeness (QED) is 0.643. The Balaban J connectivity index is 2.76. The molecule has 0 radical (unpaired) electrons. The molecule has 0 amide bonds.